The number of nitrogens with zero attached hydrogens (tertiary/aromatic N) is 5. The maximum atomic E-state index is 12.8. The Kier molecular flexibility index (Phi) is 4.94. The molecule has 0 spiro atoms. The standard InChI is InChI=1S/C18H24N6O2/c1-21(2)11-10-19-17-20-15-14(16(25)23(4)18(26)22(15)3)24(17)12-13-8-6-5-7-9-13/h5-9H,10-12H2,1-4H3,(H,19,20). The average Bonchev–Trinajstić information content (AvgIpc) is 2.97. The van der Waals surface area contributed by atoms with Gasteiger partial charge in [-0.3, -0.25) is 18.5 Å². The molecule has 3 aromatic rings. The van der Waals surface area contributed by atoms with Gasteiger partial charge >= 0.3 is 5.69 Å². The molecule has 8 heteroatoms. The topological polar surface area (TPSA) is 77.1 Å². The first-order valence-electron chi connectivity index (χ1n) is 8.49. The Balaban J connectivity index is 2.16. The van der Waals surface area contributed by atoms with Gasteiger partial charge in [0.25, 0.3) is 5.56 Å². The van der Waals surface area contributed by atoms with E-state index in [1.54, 1.807) is 7.05 Å². The van der Waals surface area contributed by atoms with Crippen molar-refractivity contribution in [1.29, 1.82) is 0 Å². The summed E-state index contributed by atoms with van der Waals surface area (Å²) >= 11 is 0. The van der Waals surface area contributed by atoms with Gasteiger partial charge in [0, 0.05) is 27.2 Å². The molecular formula is C18H24N6O2. The van der Waals surface area contributed by atoms with Crippen LogP contribution in [0, 0.1) is 0 Å². The summed E-state index contributed by atoms with van der Waals surface area (Å²) in [6.45, 7) is 2.00. The minimum Gasteiger partial charge on any atom is -0.354 e. The summed E-state index contributed by atoms with van der Waals surface area (Å²) in [6.07, 6.45) is 0. The molecule has 2 heterocycles. The second kappa shape index (κ2) is 7.17. The lowest BCUT2D eigenvalue weighted by atomic mass is 10.2. The van der Waals surface area contributed by atoms with E-state index in [4.69, 9.17) is 0 Å². The third-order valence-electron chi connectivity index (χ3n) is 4.37. The fraction of sp³-hybridized carbons (Fsp3) is 0.389. The molecule has 3 rings (SSSR count). The third-order valence-corrected chi connectivity index (χ3v) is 4.37. The maximum Gasteiger partial charge on any atom is 0.332 e. The predicted molar refractivity (Wildman–Crippen MR) is 103 cm³/mol. The van der Waals surface area contributed by atoms with Crippen LogP contribution in [0.4, 0.5) is 5.95 Å². The largest absolute Gasteiger partial charge is 0.354 e. The highest BCUT2D eigenvalue weighted by Crippen LogP contribution is 2.17. The normalized spacial score (nSPS) is 11.4. The van der Waals surface area contributed by atoms with Crippen molar-refractivity contribution in [2.24, 2.45) is 14.1 Å². The highest BCUT2D eigenvalue weighted by Gasteiger charge is 2.19. The summed E-state index contributed by atoms with van der Waals surface area (Å²) < 4.78 is 4.38. The first-order chi connectivity index (χ1) is 12.4. The van der Waals surface area contributed by atoms with Crippen molar-refractivity contribution in [2.45, 2.75) is 6.54 Å². The van der Waals surface area contributed by atoms with Crippen molar-refractivity contribution >= 4 is 17.1 Å². The van der Waals surface area contributed by atoms with Crippen LogP contribution in [-0.2, 0) is 20.6 Å². The SMILES string of the molecule is CN(C)CCNc1nc2c(c(=O)n(C)c(=O)n2C)n1Cc1ccccc1. The zero-order chi connectivity index (χ0) is 18.8. The van der Waals surface area contributed by atoms with Gasteiger partial charge in [-0.1, -0.05) is 30.3 Å². The van der Waals surface area contributed by atoms with Crippen LogP contribution in [0.1, 0.15) is 5.56 Å². The minimum absolute atomic E-state index is 0.341. The smallest absolute Gasteiger partial charge is 0.332 e. The lowest BCUT2D eigenvalue weighted by molar-refractivity contribution is 0.424. The van der Waals surface area contributed by atoms with E-state index in [2.05, 4.69) is 15.2 Å². The van der Waals surface area contributed by atoms with Crippen LogP contribution in [0.25, 0.3) is 11.2 Å². The van der Waals surface area contributed by atoms with Crippen molar-refractivity contribution in [3.05, 3.63) is 56.7 Å². The first kappa shape index (κ1) is 17.9. The molecule has 1 N–H and O–H groups in total. The van der Waals surface area contributed by atoms with Gasteiger partial charge in [-0.25, -0.2) is 4.79 Å². The van der Waals surface area contributed by atoms with Crippen molar-refractivity contribution in [2.75, 3.05) is 32.5 Å². The molecular weight excluding hydrogens is 332 g/mol. The van der Waals surface area contributed by atoms with Crippen LogP contribution in [0.2, 0.25) is 0 Å². The molecule has 0 aliphatic carbocycles. The summed E-state index contributed by atoms with van der Waals surface area (Å²) in [7, 11) is 7.11. The number of aromatic nitrogens is 4. The van der Waals surface area contributed by atoms with Crippen molar-refractivity contribution in [3.63, 3.8) is 0 Å². The van der Waals surface area contributed by atoms with E-state index >= 15 is 0 Å². The van der Waals surface area contributed by atoms with Gasteiger partial charge in [-0.15, -0.1) is 0 Å². The quantitative estimate of drug-likeness (QED) is 0.694. The number of rotatable bonds is 6. The summed E-state index contributed by atoms with van der Waals surface area (Å²) in [5.41, 5.74) is 1.14. The molecule has 26 heavy (non-hydrogen) atoms. The van der Waals surface area contributed by atoms with E-state index in [1.165, 1.54) is 11.6 Å². The monoisotopic (exact) mass is 356 g/mol. The molecule has 0 saturated carbocycles. The van der Waals surface area contributed by atoms with Gasteiger partial charge in [-0.05, 0) is 19.7 Å². The Labute approximate surface area is 151 Å². The van der Waals surface area contributed by atoms with Gasteiger partial charge in [-0.2, -0.15) is 4.98 Å². The van der Waals surface area contributed by atoms with E-state index in [9.17, 15) is 9.59 Å². The maximum absolute atomic E-state index is 12.8. The number of aryl methyl sites for hydroxylation is 1. The second-order valence-electron chi connectivity index (χ2n) is 6.62. The number of anilines is 1. The Morgan fingerprint density at radius 2 is 1.77 bits per heavy atom. The van der Waals surface area contributed by atoms with Gasteiger partial charge in [0.15, 0.2) is 11.2 Å². The summed E-state index contributed by atoms with van der Waals surface area (Å²) in [4.78, 5) is 31.6. The van der Waals surface area contributed by atoms with Crippen molar-refractivity contribution < 1.29 is 0 Å². The Morgan fingerprint density at radius 1 is 1.08 bits per heavy atom. The highest BCUT2D eigenvalue weighted by atomic mass is 16.2. The van der Waals surface area contributed by atoms with E-state index in [0.717, 1.165) is 16.7 Å². The number of benzene rings is 1. The lowest BCUT2D eigenvalue weighted by Crippen LogP contribution is -2.37. The molecule has 0 saturated heterocycles. The summed E-state index contributed by atoms with van der Waals surface area (Å²) in [5.74, 6) is 0.587. The molecule has 0 atom stereocenters. The molecule has 0 radical (unpaired) electrons. The molecule has 0 aliphatic rings. The number of fused-ring (bicyclic) bond motifs is 1. The molecule has 0 unspecified atom stereocenters. The Bertz CT molecular complexity index is 1030. The molecule has 8 nitrogen and oxygen atoms in total. The van der Waals surface area contributed by atoms with E-state index in [0.29, 0.717) is 30.2 Å². The third kappa shape index (κ3) is 3.28. The zero-order valence-electron chi connectivity index (χ0n) is 15.6. The molecule has 1 aromatic carbocycles. The van der Waals surface area contributed by atoms with Crippen LogP contribution in [0.15, 0.2) is 39.9 Å². The molecule has 0 amide bonds. The van der Waals surface area contributed by atoms with Gasteiger partial charge in [0.05, 0.1) is 6.54 Å². The van der Waals surface area contributed by atoms with E-state index in [1.807, 2.05) is 49.0 Å². The van der Waals surface area contributed by atoms with Crippen LogP contribution in [-0.4, -0.2) is 50.8 Å². The van der Waals surface area contributed by atoms with Crippen molar-refractivity contribution in [1.82, 2.24) is 23.6 Å². The minimum atomic E-state index is -0.383. The molecule has 0 bridgehead atoms. The van der Waals surface area contributed by atoms with Gasteiger partial charge < -0.3 is 10.2 Å². The van der Waals surface area contributed by atoms with Crippen LogP contribution in [0.5, 0.6) is 0 Å². The fourth-order valence-corrected chi connectivity index (χ4v) is 2.89. The van der Waals surface area contributed by atoms with Gasteiger partial charge in [0.1, 0.15) is 0 Å². The number of likely N-dealkylation sites (N-methyl/N-ethyl adjacent to an activating group) is 1. The van der Waals surface area contributed by atoms with E-state index in [-0.39, 0.29) is 11.2 Å². The molecule has 0 fully saturated rings. The van der Waals surface area contributed by atoms with Crippen LogP contribution < -0.4 is 16.6 Å². The van der Waals surface area contributed by atoms with Crippen molar-refractivity contribution in [3.8, 4) is 0 Å². The number of nitrogens with one attached hydrogen (secondary N) is 1. The van der Waals surface area contributed by atoms with Gasteiger partial charge in [0.2, 0.25) is 5.95 Å². The Morgan fingerprint density at radius 3 is 2.42 bits per heavy atom. The number of hydrogen-bond acceptors (Lipinski definition) is 5. The molecule has 138 valence electrons. The Hall–Kier alpha value is -2.87. The predicted octanol–water partition coefficient (Wildman–Crippen LogP) is 0.456. The van der Waals surface area contributed by atoms with E-state index < -0.39 is 0 Å². The number of hydrogen-bond donors (Lipinski definition) is 1. The summed E-state index contributed by atoms with van der Waals surface area (Å²) in [5, 5.41) is 3.29. The molecule has 2 aromatic heterocycles. The number of imidazole rings is 1. The average molecular weight is 356 g/mol. The summed E-state index contributed by atoms with van der Waals surface area (Å²) in [6, 6.07) is 9.88. The zero-order valence-corrected chi connectivity index (χ0v) is 15.6. The fourth-order valence-electron chi connectivity index (χ4n) is 2.89. The lowest BCUT2D eigenvalue weighted by Gasteiger charge is -2.13. The van der Waals surface area contributed by atoms with Crippen LogP contribution in [0.3, 0.4) is 0 Å². The second-order valence-corrected chi connectivity index (χ2v) is 6.62. The van der Waals surface area contributed by atoms with Crippen LogP contribution >= 0.6 is 0 Å². The first-order valence-corrected chi connectivity index (χ1v) is 8.49. The highest BCUT2D eigenvalue weighted by molar-refractivity contribution is 5.74. The molecule has 0 aliphatic heterocycles.